The summed E-state index contributed by atoms with van der Waals surface area (Å²) in [6, 6.07) is 3.31. The van der Waals surface area contributed by atoms with E-state index in [0.29, 0.717) is 12.8 Å². The third-order valence-corrected chi connectivity index (χ3v) is 5.18. The maximum Gasteiger partial charge on any atom is 0.241 e. The van der Waals surface area contributed by atoms with Crippen molar-refractivity contribution in [3.05, 3.63) is 29.6 Å². The molecule has 0 bridgehead atoms. The molecule has 0 radical (unpaired) electrons. The van der Waals surface area contributed by atoms with Crippen LogP contribution < -0.4 is 10.5 Å². The summed E-state index contributed by atoms with van der Waals surface area (Å²) >= 11 is 0. The molecule has 2 rings (SSSR count). The number of halogens is 1. The quantitative estimate of drug-likeness (QED) is 0.769. The average Bonchev–Trinajstić information content (AvgIpc) is 2.41. The highest BCUT2D eigenvalue weighted by Gasteiger charge is 2.29. The van der Waals surface area contributed by atoms with E-state index in [-0.39, 0.29) is 17.0 Å². The molecule has 1 aliphatic carbocycles. The second-order valence-corrected chi connectivity index (χ2v) is 6.68. The Labute approximate surface area is 118 Å². The molecule has 4 N–H and O–H groups in total. The molecule has 112 valence electrons. The van der Waals surface area contributed by atoms with Gasteiger partial charge in [0.1, 0.15) is 5.82 Å². The van der Waals surface area contributed by atoms with Crippen molar-refractivity contribution in [2.75, 3.05) is 0 Å². The topological polar surface area (TPSA) is 92.4 Å². The van der Waals surface area contributed by atoms with Crippen LogP contribution in [0.4, 0.5) is 4.39 Å². The predicted molar refractivity (Wildman–Crippen MR) is 72.9 cm³/mol. The first kappa shape index (κ1) is 15.4. The van der Waals surface area contributed by atoms with Gasteiger partial charge in [-0.3, -0.25) is 0 Å². The Morgan fingerprint density at radius 2 is 2.05 bits per heavy atom. The number of benzene rings is 1. The summed E-state index contributed by atoms with van der Waals surface area (Å²) in [6.45, 7) is -0.198. The lowest BCUT2D eigenvalue weighted by atomic mass is 9.93. The lowest BCUT2D eigenvalue weighted by Gasteiger charge is -2.28. The van der Waals surface area contributed by atoms with E-state index in [9.17, 15) is 17.9 Å². The molecule has 1 aliphatic rings. The average molecular weight is 302 g/mol. The van der Waals surface area contributed by atoms with Gasteiger partial charge in [-0.25, -0.2) is 17.5 Å². The third-order valence-electron chi connectivity index (χ3n) is 3.61. The molecule has 0 aliphatic heterocycles. The Bertz CT molecular complexity index is 577. The molecule has 1 aromatic carbocycles. The zero-order valence-corrected chi connectivity index (χ0v) is 11.9. The molecule has 7 heteroatoms. The van der Waals surface area contributed by atoms with Gasteiger partial charge in [-0.15, -0.1) is 0 Å². The van der Waals surface area contributed by atoms with Crippen molar-refractivity contribution in [3.63, 3.8) is 0 Å². The van der Waals surface area contributed by atoms with E-state index in [2.05, 4.69) is 4.72 Å². The minimum Gasteiger partial charge on any atom is -0.391 e. The van der Waals surface area contributed by atoms with E-state index in [4.69, 9.17) is 5.73 Å². The van der Waals surface area contributed by atoms with Gasteiger partial charge in [0.2, 0.25) is 10.0 Å². The zero-order chi connectivity index (χ0) is 14.8. The first-order chi connectivity index (χ1) is 9.45. The van der Waals surface area contributed by atoms with Gasteiger partial charge < -0.3 is 10.8 Å². The molecule has 1 saturated carbocycles. The van der Waals surface area contributed by atoms with Crippen LogP contribution in [-0.2, 0) is 16.6 Å². The highest BCUT2D eigenvalue weighted by molar-refractivity contribution is 7.89. The molecule has 0 aromatic heterocycles. The van der Waals surface area contributed by atoms with Crippen molar-refractivity contribution in [2.45, 2.75) is 49.3 Å². The highest BCUT2D eigenvalue weighted by atomic mass is 32.2. The van der Waals surface area contributed by atoms with Crippen LogP contribution >= 0.6 is 0 Å². The number of nitrogens with one attached hydrogen (secondary N) is 1. The number of nitrogens with two attached hydrogens (primary N) is 1. The summed E-state index contributed by atoms with van der Waals surface area (Å²) in [5.41, 5.74) is 5.39. The minimum atomic E-state index is -3.89. The van der Waals surface area contributed by atoms with E-state index in [0.717, 1.165) is 12.8 Å². The largest absolute Gasteiger partial charge is 0.391 e. The van der Waals surface area contributed by atoms with Crippen molar-refractivity contribution in [3.8, 4) is 0 Å². The van der Waals surface area contributed by atoms with Gasteiger partial charge in [0.05, 0.1) is 11.0 Å². The molecule has 5 nitrogen and oxygen atoms in total. The van der Waals surface area contributed by atoms with Gasteiger partial charge >= 0.3 is 0 Å². The molecule has 2 atom stereocenters. The van der Waals surface area contributed by atoms with Crippen molar-refractivity contribution >= 4 is 10.0 Å². The number of aliphatic hydroxyl groups is 1. The Morgan fingerprint density at radius 3 is 2.70 bits per heavy atom. The van der Waals surface area contributed by atoms with Gasteiger partial charge in [-0.1, -0.05) is 18.9 Å². The predicted octanol–water partition coefficient (Wildman–Crippen LogP) is 0.866. The van der Waals surface area contributed by atoms with Gasteiger partial charge in [-0.2, -0.15) is 0 Å². The second-order valence-electron chi connectivity index (χ2n) is 5.00. The fraction of sp³-hybridized carbons (Fsp3) is 0.538. The Kier molecular flexibility index (Phi) is 4.74. The number of sulfonamides is 1. The smallest absolute Gasteiger partial charge is 0.241 e. The van der Waals surface area contributed by atoms with Crippen LogP contribution in [0.5, 0.6) is 0 Å². The summed E-state index contributed by atoms with van der Waals surface area (Å²) in [6.07, 6.45) is 2.19. The van der Waals surface area contributed by atoms with E-state index < -0.39 is 28.0 Å². The standard InChI is InChI=1S/C13H19FN2O3S/c14-10-4-3-7-13(9(10)8-15)20(18,19)16-11-5-1-2-6-12(11)17/h3-4,7,11-12,16-17H,1-2,5-6,8,15H2. The molecule has 2 unspecified atom stereocenters. The first-order valence-corrected chi connectivity index (χ1v) is 8.12. The van der Waals surface area contributed by atoms with E-state index in [1.54, 1.807) is 0 Å². The van der Waals surface area contributed by atoms with Crippen molar-refractivity contribution in [2.24, 2.45) is 5.73 Å². The highest BCUT2D eigenvalue weighted by Crippen LogP contribution is 2.23. The molecule has 0 amide bonds. The number of aliphatic hydroxyl groups excluding tert-OH is 1. The van der Waals surface area contributed by atoms with Gasteiger partial charge in [0, 0.05) is 18.2 Å². The van der Waals surface area contributed by atoms with Crippen LogP contribution in [0.25, 0.3) is 0 Å². The molecular formula is C13H19FN2O3S. The summed E-state index contributed by atoms with van der Waals surface area (Å²) in [5.74, 6) is -0.639. The lowest BCUT2D eigenvalue weighted by molar-refractivity contribution is 0.101. The van der Waals surface area contributed by atoms with Crippen LogP contribution in [0, 0.1) is 5.82 Å². The number of hydrogen-bond donors (Lipinski definition) is 3. The maximum absolute atomic E-state index is 13.6. The monoisotopic (exact) mass is 302 g/mol. The lowest BCUT2D eigenvalue weighted by Crippen LogP contribution is -2.45. The van der Waals surface area contributed by atoms with Gasteiger partial charge in [0.25, 0.3) is 0 Å². The minimum absolute atomic E-state index is 0.0368. The van der Waals surface area contributed by atoms with Crippen LogP contribution in [0.1, 0.15) is 31.2 Å². The van der Waals surface area contributed by atoms with Gasteiger partial charge in [0.15, 0.2) is 0 Å². The number of rotatable bonds is 4. The second kappa shape index (κ2) is 6.17. The molecule has 0 saturated heterocycles. The van der Waals surface area contributed by atoms with Gasteiger partial charge in [-0.05, 0) is 25.0 Å². The fourth-order valence-electron chi connectivity index (χ4n) is 2.50. The van der Waals surface area contributed by atoms with E-state index in [1.165, 1.54) is 18.2 Å². The van der Waals surface area contributed by atoms with Crippen molar-refractivity contribution < 1.29 is 17.9 Å². The molecule has 0 heterocycles. The van der Waals surface area contributed by atoms with Crippen LogP contribution in [0.15, 0.2) is 23.1 Å². The summed E-state index contributed by atoms with van der Waals surface area (Å²) in [4.78, 5) is -0.155. The molecule has 1 fully saturated rings. The maximum atomic E-state index is 13.6. The molecule has 1 aromatic rings. The fourth-order valence-corrected chi connectivity index (χ4v) is 4.06. The first-order valence-electron chi connectivity index (χ1n) is 6.63. The van der Waals surface area contributed by atoms with Crippen LogP contribution in [0.2, 0.25) is 0 Å². The van der Waals surface area contributed by atoms with E-state index in [1.807, 2.05) is 0 Å². The molecule has 0 spiro atoms. The third kappa shape index (κ3) is 3.17. The Balaban J connectivity index is 2.28. The zero-order valence-electron chi connectivity index (χ0n) is 11.0. The molecule has 20 heavy (non-hydrogen) atoms. The summed E-state index contributed by atoms with van der Waals surface area (Å²) in [5, 5.41) is 9.83. The van der Waals surface area contributed by atoms with Crippen molar-refractivity contribution in [1.29, 1.82) is 0 Å². The SMILES string of the molecule is NCc1c(F)cccc1S(=O)(=O)NC1CCCCC1O. The van der Waals surface area contributed by atoms with E-state index >= 15 is 0 Å². The Hall–Kier alpha value is -1.02. The summed E-state index contributed by atoms with van der Waals surface area (Å²) in [7, 11) is -3.89. The number of hydrogen-bond acceptors (Lipinski definition) is 4. The van der Waals surface area contributed by atoms with Crippen molar-refractivity contribution in [1.82, 2.24) is 4.72 Å². The Morgan fingerprint density at radius 1 is 1.35 bits per heavy atom. The van der Waals surface area contributed by atoms with Crippen LogP contribution in [0.3, 0.4) is 0 Å². The summed E-state index contributed by atoms with van der Waals surface area (Å²) < 4.78 is 40.7. The normalized spacial score (nSPS) is 23.8. The van der Waals surface area contributed by atoms with Crippen LogP contribution in [-0.4, -0.2) is 25.7 Å². The molecular weight excluding hydrogens is 283 g/mol.